The zero-order valence-corrected chi connectivity index (χ0v) is 29.8. The molecule has 0 saturated heterocycles. The van der Waals surface area contributed by atoms with Gasteiger partial charge in [0.2, 0.25) is 0 Å². The summed E-state index contributed by atoms with van der Waals surface area (Å²) in [5.41, 5.74) is 13.7. The number of hydrogen-bond acceptors (Lipinski definition) is 3. The lowest BCUT2D eigenvalue weighted by Gasteiger charge is -2.28. The number of benzene rings is 9. The van der Waals surface area contributed by atoms with Crippen molar-refractivity contribution >= 4 is 71.7 Å². The summed E-state index contributed by atoms with van der Waals surface area (Å²) in [5.74, 6) is 0. The highest BCUT2D eigenvalue weighted by atomic mass is 16.3. The largest absolute Gasteiger partial charge is 0.456 e. The van der Waals surface area contributed by atoms with E-state index in [0.29, 0.717) is 0 Å². The molecule has 0 N–H and O–H groups in total. The third-order valence-corrected chi connectivity index (χ3v) is 10.9. The molecule has 11 rings (SSSR count). The Balaban J connectivity index is 1.06. The number of nitrogens with zero attached hydrogens (tertiary/aromatic N) is 1. The average Bonchev–Trinajstić information content (AvgIpc) is 3.82. The standard InChI is InChI=1S/C52H33NO2/c1-2-15-41-35(11-1)12-10-19-42(41)37-13-9-14-38(31-37)43-16-3-6-20-48(43)53(40-28-29-46-44-17-4-7-21-49(44)55-52(46)33-40)39-26-23-34(24-27-39)36-25-30-51-47(32-36)45-18-5-8-22-50(45)54-51/h1-33H. The van der Waals surface area contributed by atoms with Crippen LogP contribution in [-0.4, -0.2) is 0 Å². The first kappa shape index (κ1) is 31.2. The van der Waals surface area contributed by atoms with E-state index in [1.54, 1.807) is 0 Å². The summed E-state index contributed by atoms with van der Waals surface area (Å²) in [5, 5.41) is 6.96. The van der Waals surface area contributed by atoms with E-state index in [-0.39, 0.29) is 0 Å². The lowest BCUT2D eigenvalue weighted by Crippen LogP contribution is -2.11. The predicted octanol–water partition coefficient (Wildman–Crippen LogP) is 15.1. The first-order chi connectivity index (χ1) is 27.2. The highest BCUT2D eigenvalue weighted by molar-refractivity contribution is 6.07. The Morgan fingerprint density at radius 1 is 0.291 bits per heavy atom. The van der Waals surface area contributed by atoms with E-state index in [2.05, 4.69) is 181 Å². The summed E-state index contributed by atoms with van der Waals surface area (Å²) < 4.78 is 12.6. The molecule has 0 fully saturated rings. The third kappa shape index (κ3) is 5.28. The average molecular weight is 704 g/mol. The fourth-order valence-corrected chi connectivity index (χ4v) is 8.23. The summed E-state index contributed by atoms with van der Waals surface area (Å²) in [7, 11) is 0. The van der Waals surface area contributed by atoms with Crippen LogP contribution >= 0.6 is 0 Å². The van der Waals surface area contributed by atoms with Gasteiger partial charge in [-0.25, -0.2) is 0 Å². The van der Waals surface area contributed by atoms with E-state index < -0.39 is 0 Å². The topological polar surface area (TPSA) is 29.5 Å². The van der Waals surface area contributed by atoms with Crippen LogP contribution in [-0.2, 0) is 0 Å². The van der Waals surface area contributed by atoms with Crippen LogP contribution < -0.4 is 4.90 Å². The van der Waals surface area contributed by atoms with Gasteiger partial charge in [-0.1, -0.05) is 133 Å². The molecule has 0 saturated carbocycles. The highest BCUT2D eigenvalue weighted by Crippen LogP contribution is 2.44. The molecule has 0 atom stereocenters. The predicted molar refractivity (Wildman–Crippen MR) is 229 cm³/mol. The van der Waals surface area contributed by atoms with E-state index in [4.69, 9.17) is 8.83 Å². The number of furan rings is 2. The lowest BCUT2D eigenvalue weighted by molar-refractivity contribution is 0.668. The summed E-state index contributed by atoms with van der Waals surface area (Å²) in [6.07, 6.45) is 0. The zero-order valence-electron chi connectivity index (χ0n) is 29.8. The Bertz CT molecular complexity index is 3220. The molecule has 3 heteroatoms. The molecule has 55 heavy (non-hydrogen) atoms. The van der Waals surface area contributed by atoms with Crippen LogP contribution in [0.5, 0.6) is 0 Å². The smallest absolute Gasteiger partial charge is 0.137 e. The molecule has 0 aliphatic rings. The second kappa shape index (κ2) is 12.6. The summed E-state index contributed by atoms with van der Waals surface area (Å²) >= 11 is 0. The van der Waals surface area contributed by atoms with Crippen LogP contribution in [0.1, 0.15) is 0 Å². The lowest BCUT2D eigenvalue weighted by atomic mass is 9.94. The Hall–Kier alpha value is -7.36. The Morgan fingerprint density at radius 3 is 1.69 bits per heavy atom. The highest BCUT2D eigenvalue weighted by Gasteiger charge is 2.20. The van der Waals surface area contributed by atoms with Gasteiger partial charge in [0.1, 0.15) is 22.3 Å². The van der Waals surface area contributed by atoms with Gasteiger partial charge >= 0.3 is 0 Å². The summed E-state index contributed by atoms with van der Waals surface area (Å²) in [4.78, 5) is 2.35. The second-order valence-electron chi connectivity index (χ2n) is 14.1. The first-order valence-electron chi connectivity index (χ1n) is 18.7. The van der Waals surface area contributed by atoms with Gasteiger partial charge in [-0.2, -0.15) is 0 Å². The van der Waals surface area contributed by atoms with Crippen molar-refractivity contribution in [1.29, 1.82) is 0 Å². The quantitative estimate of drug-likeness (QED) is 0.173. The van der Waals surface area contributed by atoms with Crippen molar-refractivity contribution in [2.24, 2.45) is 0 Å². The Morgan fingerprint density at radius 2 is 0.855 bits per heavy atom. The molecule has 2 heterocycles. The molecule has 3 nitrogen and oxygen atoms in total. The molecule has 0 bridgehead atoms. The van der Waals surface area contributed by atoms with E-state index in [9.17, 15) is 0 Å². The van der Waals surface area contributed by atoms with Crippen LogP contribution in [0.2, 0.25) is 0 Å². The molecule has 2 aromatic heterocycles. The van der Waals surface area contributed by atoms with Crippen molar-refractivity contribution in [2.75, 3.05) is 4.90 Å². The SMILES string of the molecule is c1cc(-c2ccccc2N(c2ccc(-c3ccc4oc5ccccc5c4c3)cc2)c2ccc3c(c2)oc2ccccc23)cc(-c2cccc3ccccc23)c1. The van der Waals surface area contributed by atoms with Crippen molar-refractivity contribution in [2.45, 2.75) is 0 Å². The maximum atomic E-state index is 6.43. The van der Waals surface area contributed by atoms with Crippen LogP contribution in [0.3, 0.4) is 0 Å². The fourth-order valence-electron chi connectivity index (χ4n) is 8.23. The number of rotatable bonds is 6. The number of para-hydroxylation sites is 3. The molecule has 0 radical (unpaired) electrons. The minimum absolute atomic E-state index is 0.858. The minimum Gasteiger partial charge on any atom is -0.456 e. The molecular formula is C52H33NO2. The maximum absolute atomic E-state index is 6.43. The van der Waals surface area contributed by atoms with Crippen molar-refractivity contribution in [1.82, 2.24) is 0 Å². The molecule has 0 aliphatic heterocycles. The second-order valence-corrected chi connectivity index (χ2v) is 14.1. The Kier molecular flexibility index (Phi) is 7.17. The van der Waals surface area contributed by atoms with Crippen molar-refractivity contribution in [3.05, 3.63) is 200 Å². The van der Waals surface area contributed by atoms with Gasteiger partial charge in [-0.05, 0) is 99.3 Å². The van der Waals surface area contributed by atoms with Crippen molar-refractivity contribution in [3.8, 4) is 33.4 Å². The van der Waals surface area contributed by atoms with E-state index in [1.807, 2.05) is 24.3 Å². The molecule has 0 amide bonds. The molecule has 9 aromatic carbocycles. The van der Waals surface area contributed by atoms with Crippen molar-refractivity contribution in [3.63, 3.8) is 0 Å². The van der Waals surface area contributed by atoms with Crippen LogP contribution in [0.25, 0.3) is 88.0 Å². The molecular weight excluding hydrogens is 671 g/mol. The molecule has 0 aliphatic carbocycles. The van der Waals surface area contributed by atoms with Crippen LogP contribution in [0.4, 0.5) is 17.1 Å². The third-order valence-electron chi connectivity index (χ3n) is 10.9. The maximum Gasteiger partial charge on any atom is 0.137 e. The monoisotopic (exact) mass is 703 g/mol. The van der Waals surface area contributed by atoms with Gasteiger partial charge in [-0.15, -0.1) is 0 Å². The van der Waals surface area contributed by atoms with Crippen molar-refractivity contribution < 1.29 is 8.83 Å². The fraction of sp³-hybridized carbons (Fsp3) is 0. The number of fused-ring (bicyclic) bond motifs is 7. The van der Waals surface area contributed by atoms with E-state index in [1.165, 1.54) is 21.9 Å². The molecule has 0 spiro atoms. The minimum atomic E-state index is 0.858. The van der Waals surface area contributed by atoms with E-state index >= 15 is 0 Å². The summed E-state index contributed by atoms with van der Waals surface area (Å²) in [6, 6.07) is 71.1. The normalized spacial score (nSPS) is 11.6. The zero-order chi connectivity index (χ0) is 36.3. The summed E-state index contributed by atoms with van der Waals surface area (Å²) in [6.45, 7) is 0. The number of anilines is 3. The van der Waals surface area contributed by atoms with E-state index in [0.717, 1.165) is 83.2 Å². The van der Waals surface area contributed by atoms with Gasteiger partial charge in [0, 0.05) is 44.5 Å². The first-order valence-corrected chi connectivity index (χ1v) is 18.7. The van der Waals surface area contributed by atoms with Crippen LogP contribution in [0, 0.1) is 0 Å². The van der Waals surface area contributed by atoms with Gasteiger partial charge in [0.05, 0.1) is 5.69 Å². The molecule has 0 unspecified atom stereocenters. The molecule has 258 valence electrons. The van der Waals surface area contributed by atoms with Gasteiger partial charge in [-0.3, -0.25) is 0 Å². The van der Waals surface area contributed by atoms with Crippen LogP contribution in [0.15, 0.2) is 209 Å². The van der Waals surface area contributed by atoms with Gasteiger partial charge in [0.25, 0.3) is 0 Å². The molecule has 11 aromatic rings. The van der Waals surface area contributed by atoms with Gasteiger partial charge in [0.15, 0.2) is 0 Å². The number of hydrogen-bond donors (Lipinski definition) is 0. The van der Waals surface area contributed by atoms with Gasteiger partial charge < -0.3 is 13.7 Å². The Labute approximate surface area is 317 Å².